The molecule has 3 aromatic heterocycles. The highest BCUT2D eigenvalue weighted by molar-refractivity contribution is 7.15. The molecule has 3 N–H and O–H groups in total. The average molecular weight is 524 g/mol. The maximum Gasteiger partial charge on any atom is 0.257 e. The molecule has 1 saturated heterocycles. The van der Waals surface area contributed by atoms with Crippen molar-refractivity contribution in [3.63, 3.8) is 0 Å². The van der Waals surface area contributed by atoms with Gasteiger partial charge in [0.2, 0.25) is 5.91 Å². The summed E-state index contributed by atoms with van der Waals surface area (Å²) < 4.78 is 1.95. The van der Waals surface area contributed by atoms with Crippen LogP contribution in [-0.4, -0.2) is 49.2 Å². The van der Waals surface area contributed by atoms with Crippen LogP contribution in [0.4, 0.5) is 10.9 Å². The number of hydrogen-bond donors (Lipinski definition) is 2. The molecule has 1 atom stereocenters. The molecule has 1 unspecified atom stereocenters. The normalized spacial score (nSPS) is 15.9. The molecule has 1 aromatic carbocycles. The minimum atomic E-state index is -0.294. The molecule has 0 saturated carbocycles. The first kappa shape index (κ1) is 24.2. The van der Waals surface area contributed by atoms with Crippen LogP contribution in [0.1, 0.15) is 53.2 Å². The molecule has 186 valence electrons. The van der Waals surface area contributed by atoms with Crippen LogP contribution in [0.25, 0.3) is 16.8 Å². The molecule has 1 aliphatic rings. The molecule has 0 spiro atoms. The van der Waals surface area contributed by atoms with E-state index in [4.69, 9.17) is 22.3 Å². The number of carbonyl (C=O) groups is 2. The lowest BCUT2D eigenvalue weighted by Gasteiger charge is -2.32. The molecular weight excluding hydrogens is 498 g/mol. The molecule has 11 heteroatoms. The zero-order valence-electron chi connectivity index (χ0n) is 20.0. The summed E-state index contributed by atoms with van der Waals surface area (Å²) in [5, 5.41) is 3.70. The van der Waals surface area contributed by atoms with E-state index in [1.165, 1.54) is 11.3 Å². The first-order valence-corrected chi connectivity index (χ1v) is 13.0. The third kappa shape index (κ3) is 4.54. The molecule has 36 heavy (non-hydrogen) atoms. The fourth-order valence-electron chi connectivity index (χ4n) is 4.63. The van der Waals surface area contributed by atoms with Crippen LogP contribution >= 0.6 is 22.9 Å². The molecule has 0 aliphatic carbocycles. The Hall–Kier alpha value is -3.50. The van der Waals surface area contributed by atoms with E-state index in [9.17, 15) is 9.59 Å². The Morgan fingerprint density at radius 1 is 1.31 bits per heavy atom. The molecule has 0 bridgehead atoms. The van der Waals surface area contributed by atoms with Crippen LogP contribution in [0.5, 0.6) is 0 Å². The number of aromatic nitrogens is 4. The number of anilines is 2. The Kier molecular flexibility index (Phi) is 6.63. The standard InChI is InChI=1S/C25H26ClN7O2S/c1-3-19(34)32-9-4-5-16(13-32)23-30-20(21-22(27)28-8-10-33(21)23)17-7-6-15(11-18(17)26)24(35)31-25-29-12-14(2)36-25/h6-8,10-12,16H,3-5,9,13H2,1-2H3,(H2,27,28)(H,29,31,35). The summed E-state index contributed by atoms with van der Waals surface area (Å²) in [6, 6.07) is 5.10. The fourth-order valence-corrected chi connectivity index (χ4v) is 5.56. The minimum absolute atomic E-state index is 0.0582. The summed E-state index contributed by atoms with van der Waals surface area (Å²) in [7, 11) is 0. The monoisotopic (exact) mass is 523 g/mol. The summed E-state index contributed by atoms with van der Waals surface area (Å²) in [4.78, 5) is 41.4. The highest BCUT2D eigenvalue weighted by Gasteiger charge is 2.29. The van der Waals surface area contributed by atoms with E-state index in [0.29, 0.717) is 51.3 Å². The predicted molar refractivity (Wildman–Crippen MR) is 141 cm³/mol. The lowest BCUT2D eigenvalue weighted by molar-refractivity contribution is -0.132. The van der Waals surface area contributed by atoms with Gasteiger partial charge in [-0.1, -0.05) is 24.6 Å². The molecule has 1 aliphatic heterocycles. The first-order chi connectivity index (χ1) is 17.4. The highest BCUT2D eigenvalue weighted by atomic mass is 35.5. The molecule has 5 rings (SSSR count). The third-order valence-electron chi connectivity index (χ3n) is 6.38. The number of fused-ring (bicyclic) bond motifs is 1. The van der Waals surface area contributed by atoms with Crippen molar-refractivity contribution in [2.75, 3.05) is 24.1 Å². The lowest BCUT2D eigenvalue weighted by atomic mass is 9.97. The summed E-state index contributed by atoms with van der Waals surface area (Å²) >= 11 is 8.09. The first-order valence-electron chi connectivity index (χ1n) is 11.8. The maximum atomic E-state index is 12.7. The molecular formula is C25H26ClN7O2S. The Labute approximate surface area is 217 Å². The number of piperidine rings is 1. The van der Waals surface area contributed by atoms with Gasteiger partial charge in [-0.3, -0.25) is 19.3 Å². The van der Waals surface area contributed by atoms with E-state index in [0.717, 1.165) is 30.1 Å². The van der Waals surface area contributed by atoms with E-state index < -0.39 is 0 Å². The number of amides is 2. The van der Waals surface area contributed by atoms with Crippen LogP contribution < -0.4 is 11.1 Å². The van der Waals surface area contributed by atoms with Crippen LogP contribution in [0.2, 0.25) is 5.02 Å². The van der Waals surface area contributed by atoms with Gasteiger partial charge in [0, 0.05) is 60.0 Å². The zero-order chi connectivity index (χ0) is 25.4. The number of nitrogens with two attached hydrogens (primary N) is 1. The summed E-state index contributed by atoms with van der Waals surface area (Å²) in [6.45, 7) is 5.18. The second kappa shape index (κ2) is 9.87. The Bertz CT molecular complexity index is 1460. The van der Waals surface area contributed by atoms with Gasteiger partial charge in [-0.15, -0.1) is 11.3 Å². The van der Waals surface area contributed by atoms with E-state index in [2.05, 4.69) is 15.3 Å². The minimum Gasteiger partial charge on any atom is -0.382 e. The smallest absolute Gasteiger partial charge is 0.257 e. The molecule has 4 heterocycles. The lowest BCUT2D eigenvalue weighted by Crippen LogP contribution is -2.39. The number of rotatable bonds is 5. The van der Waals surface area contributed by atoms with Crippen LogP contribution in [0.3, 0.4) is 0 Å². The Morgan fingerprint density at radius 2 is 2.14 bits per heavy atom. The highest BCUT2D eigenvalue weighted by Crippen LogP contribution is 2.37. The number of nitrogen functional groups attached to an aromatic ring is 1. The quantitative estimate of drug-likeness (QED) is 0.389. The van der Waals surface area contributed by atoms with Crippen molar-refractivity contribution in [3.05, 3.63) is 58.1 Å². The van der Waals surface area contributed by atoms with Crippen molar-refractivity contribution in [1.29, 1.82) is 0 Å². The van der Waals surface area contributed by atoms with Crippen molar-refractivity contribution in [1.82, 2.24) is 24.3 Å². The number of thiazole rings is 1. The Morgan fingerprint density at radius 3 is 2.86 bits per heavy atom. The van der Waals surface area contributed by atoms with Gasteiger partial charge >= 0.3 is 0 Å². The van der Waals surface area contributed by atoms with Gasteiger partial charge in [-0.05, 0) is 31.9 Å². The SMILES string of the molecule is CCC(=O)N1CCCC(c2nc(-c3ccc(C(=O)Nc4ncc(C)s4)cc3Cl)c3c(N)nccn23)C1. The molecule has 4 aromatic rings. The van der Waals surface area contributed by atoms with Gasteiger partial charge in [-0.25, -0.2) is 15.0 Å². The van der Waals surface area contributed by atoms with E-state index in [-0.39, 0.29) is 17.7 Å². The number of hydrogen-bond acceptors (Lipinski definition) is 7. The molecule has 1 fully saturated rings. The predicted octanol–water partition coefficient (Wildman–Crippen LogP) is 4.77. The molecule has 0 radical (unpaired) electrons. The Balaban J connectivity index is 1.51. The number of imidazole rings is 1. The second-order valence-electron chi connectivity index (χ2n) is 8.81. The topological polar surface area (TPSA) is 119 Å². The van der Waals surface area contributed by atoms with Crippen LogP contribution in [0.15, 0.2) is 36.8 Å². The van der Waals surface area contributed by atoms with Gasteiger partial charge in [0.05, 0.1) is 5.02 Å². The fraction of sp³-hybridized carbons (Fsp3) is 0.320. The van der Waals surface area contributed by atoms with Crippen molar-refractivity contribution in [2.45, 2.75) is 39.0 Å². The summed E-state index contributed by atoms with van der Waals surface area (Å²) in [6.07, 6.45) is 7.49. The number of aryl methyl sites for hydroxylation is 1. The number of nitrogens with zero attached hydrogens (tertiary/aromatic N) is 5. The van der Waals surface area contributed by atoms with Crippen LogP contribution in [0, 0.1) is 6.92 Å². The van der Waals surface area contributed by atoms with E-state index in [1.807, 2.05) is 29.3 Å². The number of likely N-dealkylation sites (tertiary alicyclic amines) is 1. The number of nitrogens with one attached hydrogen (secondary N) is 1. The number of benzene rings is 1. The van der Waals surface area contributed by atoms with Crippen LogP contribution in [-0.2, 0) is 4.79 Å². The third-order valence-corrected chi connectivity index (χ3v) is 7.52. The van der Waals surface area contributed by atoms with Crippen molar-refractivity contribution < 1.29 is 9.59 Å². The summed E-state index contributed by atoms with van der Waals surface area (Å²) in [5.41, 5.74) is 8.62. The van der Waals surface area contributed by atoms with Gasteiger partial charge in [-0.2, -0.15) is 0 Å². The van der Waals surface area contributed by atoms with Crippen molar-refractivity contribution in [3.8, 4) is 11.3 Å². The van der Waals surface area contributed by atoms with Crippen molar-refractivity contribution >= 4 is 51.2 Å². The van der Waals surface area contributed by atoms with Gasteiger partial charge in [0.15, 0.2) is 5.13 Å². The maximum absolute atomic E-state index is 12.7. The summed E-state index contributed by atoms with van der Waals surface area (Å²) in [5.74, 6) is 1.06. The zero-order valence-corrected chi connectivity index (χ0v) is 21.6. The van der Waals surface area contributed by atoms with Gasteiger partial charge in [0.25, 0.3) is 5.91 Å². The van der Waals surface area contributed by atoms with Gasteiger partial charge < -0.3 is 10.6 Å². The van der Waals surface area contributed by atoms with Crippen molar-refractivity contribution in [2.24, 2.45) is 0 Å². The number of halogens is 1. The molecule has 2 amide bonds. The van der Waals surface area contributed by atoms with E-state index in [1.54, 1.807) is 30.6 Å². The number of carbonyl (C=O) groups excluding carboxylic acids is 2. The largest absolute Gasteiger partial charge is 0.382 e. The average Bonchev–Trinajstić information content (AvgIpc) is 3.47. The second-order valence-corrected chi connectivity index (χ2v) is 10.4. The molecule has 9 nitrogen and oxygen atoms in total. The van der Waals surface area contributed by atoms with E-state index >= 15 is 0 Å². The van der Waals surface area contributed by atoms with Gasteiger partial charge in [0.1, 0.15) is 22.9 Å².